The van der Waals surface area contributed by atoms with Crippen LogP contribution in [-0.4, -0.2) is 24.1 Å². The van der Waals surface area contributed by atoms with Crippen LogP contribution in [0.4, 0.5) is 0 Å². The van der Waals surface area contributed by atoms with Gasteiger partial charge < -0.3 is 9.47 Å². The molecule has 98 valence electrons. The zero-order valence-corrected chi connectivity index (χ0v) is 11.3. The molecular formula is C13H22O4. The summed E-state index contributed by atoms with van der Waals surface area (Å²) < 4.78 is 10.1. The van der Waals surface area contributed by atoms with Crippen molar-refractivity contribution in [2.24, 2.45) is 5.92 Å². The second-order valence-electron chi connectivity index (χ2n) is 4.43. The Morgan fingerprint density at radius 2 is 1.53 bits per heavy atom. The van der Waals surface area contributed by atoms with E-state index in [1.807, 2.05) is 0 Å². The van der Waals surface area contributed by atoms with Gasteiger partial charge in [0.25, 0.3) is 0 Å². The number of carbonyl (C=O) groups excluding carboxylic acids is 2. The lowest BCUT2D eigenvalue weighted by Crippen LogP contribution is -2.27. The van der Waals surface area contributed by atoms with Crippen molar-refractivity contribution in [3.63, 3.8) is 0 Å². The Bertz CT molecular complexity index is 292. The van der Waals surface area contributed by atoms with Crippen molar-refractivity contribution in [1.82, 2.24) is 0 Å². The highest BCUT2D eigenvalue weighted by atomic mass is 16.5. The standard InChI is InChI=1S/C13H22O4/c1-7-11(13(15)17-9(4)5)10(6)12(14)16-8(2)3/h8-9,11H,6-7H2,1-5H3. The fourth-order valence-corrected chi connectivity index (χ4v) is 1.30. The predicted molar refractivity (Wildman–Crippen MR) is 65.4 cm³/mol. The smallest absolute Gasteiger partial charge is 0.334 e. The summed E-state index contributed by atoms with van der Waals surface area (Å²) in [7, 11) is 0. The molecule has 4 heteroatoms. The zero-order valence-electron chi connectivity index (χ0n) is 11.3. The molecule has 0 aromatic carbocycles. The van der Waals surface area contributed by atoms with Gasteiger partial charge >= 0.3 is 11.9 Å². The average molecular weight is 242 g/mol. The van der Waals surface area contributed by atoms with E-state index in [0.29, 0.717) is 6.42 Å². The minimum Gasteiger partial charge on any atom is -0.463 e. The Morgan fingerprint density at radius 3 is 1.88 bits per heavy atom. The maximum absolute atomic E-state index is 11.7. The van der Waals surface area contributed by atoms with Crippen LogP contribution in [0.5, 0.6) is 0 Å². The Balaban J connectivity index is 4.60. The lowest BCUT2D eigenvalue weighted by Gasteiger charge is -2.18. The fraction of sp³-hybridized carbons (Fsp3) is 0.692. The van der Waals surface area contributed by atoms with E-state index in [-0.39, 0.29) is 17.8 Å². The highest BCUT2D eigenvalue weighted by molar-refractivity contribution is 5.95. The first-order valence-electron chi connectivity index (χ1n) is 5.89. The van der Waals surface area contributed by atoms with Crippen LogP contribution in [0, 0.1) is 5.92 Å². The van der Waals surface area contributed by atoms with E-state index in [9.17, 15) is 9.59 Å². The summed E-state index contributed by atoms with van der Waals surface area (Å²) in [5.41, 5.74) is 0.159. The van der Waals surface area contributed by atoms with Gasteiger partial charge in [0.1, 0.15) is 0 Å². The third-order valence-corrected chi connectivity index (χ3v) is 2.07. The van der Waals surface area contributed by atoms with Crippen molar-refractivity contribution < 1.29 is 19.1 Å². The highest BCUT2D eigenvalue weighted by Gasteiger charge is 2.27. The monoisotopic (exact) mass is 242 g/mol. The summed E-state index contributed by atoms with van der Waals surface area (Å²) in [4.78, 5) is 23.3. The van der Waals surface area contributed by atoms with Crippen molar-refractivity contribution in [2.45, 2.75) is 53.2 Å². The maximum Gasteiger partial charge on any atom is 0.334 e. The molecule has 0 amide bonds. The summed E-state index contributed by atoms with van der Waals surface area (Å²) in [6.45, 7) is 12.5. The van der Waals surface area contributed by atoms with Crippen LogP contribution in [0.1, 0.15) is 41.0 Å². The summed E-state index contributed by atoms with van der Waals surface area (Å²) in [6.07, 6.45) is 0.0424. The van der Waals surface area contributed by atoms with Crippen LogP contribution in [0.25, 0.3) is 0 Å². The van der Waals surface area contributed by atoms with E-state index in [1.165, 1.54) is 0 Å². The van der Waals surface area contributed by atoms with Crippen molar-refractivity contribution in [3.8, 4) is 0 Å². The average Bonchev–Trinajstić information content (AvgIpc) is 2.16. The lowest BCUT2D eigenvalue weighted by atomic mass is 9.98. The molecular weight excluding hydrogens is 220 g/mol. The second kappa shape index (κ2) is 7.09. The first-order valence-corrected chi connectivity index (χ1v) is 5.89. The van der Waals surface area contributed by atoms with Crippen molar-refractivity contribution in [1.29, 1.82) is 0 Å². The summed E-state index contributed by atoms with van der Waals surface area (Å²) in [5, 5.41) is 0. The molecule has 0 spiro atoms. The number of rotatable bonds is 6. The van der Waals surface area contributed by atoms with Gasteiger partial charge in [-0.1, -0.05) is 13.5 Å². The number of carbonyl (C=O) groups is 2. The van der Waals surface area contributed by atoms with E-state index < -0.39 is 17.9 Å². The second-order valence-corrected chi connectivity index (χ2v) is 4.43. The first-order chi connectivity index (χ1) is 7.79. The molecule has 4 nitrogen and oxygen atoms in total. The minimum absolute atomic E-state index is 0.159. The molecule has 0 aliphatic rings. The molecule has 0 aromatic heterocycles. The van der Waals surface area contributed by atoms with Crippen LogP contribution < -0.4 is 0 Å². The molecule has 0 aliphatic heterocycles. The maximum atomic E-state index is 11.7. The van der Waals surface area contributed by atoms with Crippen LogP contribution in [0.15, 0.2) is 12.2 Å². The van der Waals surface area contributed by atoms with Crippen molar-refractivity contribution >= 4 is 11.9 Å². The molecule has 0 fully saturated rings. The van der Waals surface area contributed by atoms with Gasteiger partial charge in [-0.3, -0.25) is 4.79 Å². The molecule has 0 heterocycles. The molecule has 0 aliphatic carbocycles. The van der Waals surface area contributed by atoms with Gasteiger partial charge in [-0.25, -0.2) is 4.79 Å². The molecule has 0 N–H and O–H groups in total. The predicted octanol–water partition coefficient (Wildman–Crippen LogP) is 2.47. The summed E-state index contributed by atoms with van der Waals surface area (Å²) in [5.74, 6) is -1.58. The molecule has 17 heavy (non-hydrogen) atoms. The van der Waals surface area contributed by atoms with Crippen LogP contribution in [0.2, 0.25) is 0 Å². The lowest BCUT2D eigenvalue weighted by molar-refractivity contribution is -0.154. The van der Waals surface area contributed by atoms with Gasteiger partial charge in [-0.15, -0.1) is 0 Å². The minimum atomic E-state index is -0.622. The third kappa shape index (κ3) is 5.52. The van der Waals surface area contributed by atoms with E-state index in [2.05, 4.69) is 6.58 Å². The fourth-order valence-electron chi connectivity index (χ4n) is 1.30. The molecule has 0 saturated carbocycles. The van der Waals surface area contributed by atoms with E-state index >= 15 is 0 Å². The zero-order chi connectivity index (χ0) is 13.6. The van der Waals surface area contributed by atoms with Crippen LogP contribution >= 0.6 is 0 Å². The number of hydrogen-bond donors (Lipinski definition) is 0. The summed E-state index contributed by atoms with van der Waals surface area (Å²) >= 11 is 0. The number of ether oxygens (including phenoxy) is 2. The SMILES string of the molecule is C=C(C(=O)OC(C)C)C(CC)C(=O)OC(C)C. The quantitative estimate of drug-likeness (QED) is 0.530. The molecule has 1 unspecified atom stereocenters. The Morgan fingerprint density at radius 1 is 1.06 bits per heavy atom. The van der Waals surface area contributed by atoms with Gasteiger partial charge in [0.2, 0.25) is 0 Å². The molecule has 1 atom stereocenters. The van der Waals surface area contributed by atoms with Gasteiger partial charge in [-0.2, -0.15) is 0 Å². The van der Waals surface area contributed by atoms with Crippen LogP contribution in [-0.2, 0) is 19.1 Å². The van der Waals surface area contributed by atoms with Gasteiger partial charge in [0.05, 0.1) is 18.1 Å². The number of esters is 2. The van der Waals surface area contributed by atoms with E-state index in [0.717, 1.165) is 0 Å². The Kier molecular flexibility index (Phi) is 6.54. The van der Waals surface area contributed by atoms with E-state index in [1.54, 1.807) is 34.6 Å². The molecule has 0 saturated heterocycles. The highest BCUT2D eigenvalue weighted by Crippen LogP contribution is 2.18. The van der Waals surface area contributed by atoms with Gasteiger partial charge in [0, 0.05) is 5.57 Å². The molecule has 0 rings (SSSR count). The van der Waals surface area contributed by atoms with Crippen LogP contribution in [0.3, 0.4) is 0 Å². The number of hydrogen-bond acceptors (Lipinski definition) is 4. The van der Waals surface area contributed by atoms with E-state index in [4.69, 9.17) is 9.47 Å². The summed E-state index contributed by atoms with van der Waals surface area (Å²) in [6, 6.07) is 0. The van der Waals surface area contributed by atoms with Crippen molar-refractivity contribution in [2.75, 3.05) is 0 Å². The van der Waals surface area contributed by atoms with Crippen molar-refractivity contribution in [3.05, 3.63) is 12.2 Å². The molecule has 0 radical (unpaired) electrons. The largest absolute Gasteiger partial charge is 0.463 e. The normalized spacial score (nSPS) is 12.4. The third-order valence-electron chi connectivity index (χ3n) is 2.07. The Labute approximate surface area is 103 Å². The van der Waals surface area contributed by atoms with Gasteiger partial charge in [0.15, 0.2) is 0 Å². The molecule has 0 aromatic rings. The first kappa shape index (κ1) is 15.7. The molecule has 0 bridgehead atoms. The topological polar surface area (TPSA) is 52.6 Å². The Hall–Kier alpha value is -1.32. The van der Waals surface area contributed by atoms with Gasteiger partial charge in [-0.05, 0) is 34.1 Å².